The largest absolute Gasteiger partial charge is 0.492 e. The molecule has 0 aromatic rings. The van der Waals surface area contributed by atoms with E-state index >= 15 is 0 Å². The van der Waals surface area contributed by atoms with E-state index in [1.54, 1.807) is 0 Å². The molecule has 0 aromatic carbocycles. The van der Waals surface area contributed by atoms with Crippen molar-refractivity contribution in [1.82, 2.24) is 0 Å². The quantitative estimate of drug-likeness (QED) is 0.00869. The molecule has 0 bridgehead atoms. The molecule has 5 N–H and O–H groups in total. The van der Waals surface area contributed by atoms with Crippen LogP contribution in [0, 0.1) is 0 Å². The normalized spacial score (nSPS) is 15.6. The van der Waals surface area contributed by atoms with Crippen molar-refractivity contribution in [2.45, 2.75) is 172 Å². The Kier molecular flexibility index (Phi) is 37.9. The highest BCUT2D eigenvalue weighted by atomic mass is 32.2. The van der Waals surface area contributed by atoms with E-state index in [9.17, 15) is 24.2 Å². The second-order valence-electron chi connectivity index (χ2n) is 16.7. The number of carboxylic acid groups (broad SMARTS) is 1. The maximum absolute atomic E-state index is 13.0. The van der Waals surface area contributed by atoms with E-state index in [0.717, 1.165) is 32.1 Å². The predicted octanol–water partition coefficient (Wildman–Crippen LogP) is 10.6. The molecule has 0 amide bonds. The minimum atomic E-state index is -4.40. The van der Waals surface area contributed by atoms with Crippen molar-refractivity contribution >= 4 is 31.5 Å². The zero-order valence-electron chi connectivity index (χ0n) is 38.5. The van der Waals surface area contributed by atoms with Crippen LogP contribution in [0.4, 0.5) is 0 Å². The number of carbonyl (C=O) groups excluding carboxylic acids is 1. The summed E-state index contributed by atoms with van der Waals surface area (Å²) < 4.78 is 34.8. The van der Waals surface area contributed by atoms with Crippen molar-refractivity contribution < 1.29 is 52.3 Å². The van der Waals surface area contributed by atoms with E-state index < -0.39 is 43.3 Å². The number of allylic oxidation sites excluding steroid dienone is 8. The second-order valence-corrected chi connectivity index (χ2v) is 19.4. The molecule has 5 atom stereocenters. The zero-order valence-corrected chi connectivity index (χ0v) is 40.3. The monoisotopic (exact) mass is 902 g/mol. The lowest BCUT2D eigenvalue weighted by Crippen LogP contribution is -2.38. The van der Waals surface area contributed by atoms with Gasteiger partial charge in [-0.15, -0.1) is 11.8 Å². The number of carbonyl (C=O) groups is 2. The van der Waals surface area contributed by atoms with E-state index in [1.165, 1.54) is 101 Å². The summed E-state index contributed by atoms with van der Waals surface area (Å²) in [6.07, 6.45) is 39.5. The molecule has 0 rings (SSSR count). The van der Waals surface area contributed by atoms with Crippen LogP contribution in [0.5, 0.6) is 0 Å². The first kappa shape index (κ1) is 58.8. The number of esters is 1. The molecule has 0 aliphatic rings. The van der Waals surface area contributed by atoms with Crippen molar-refractivity contribution in [3.8, 4) is 0 Å². The number of thioether (sulfide) groups is 1. The maximum atomic E-state index is 13.0. The molecule has 354 valence electrons. The first-order chi connectivity index (χ1) is 29.2. The van der Waals surface area contributed by atoms with Crippen LogP contribution in [0.25, 0.3) is 0 Å². The third-order valence-electron chi connectivity index (χ3n) is 9.67. The van der Waals surface area contributed by atoms with Gasteiger partial charge in [0.2, 0.25) is 0 Å². The van der Waals surface area contributed by atoms with Gasteiger partial charge in [0.15, 0.2) is 6.10 Å². The smallest absolute Gasteiger partial charge is 0.472 e. The lowest BCUT2D eigenvalue weighted by Gasteiger charge is -2.24. The van der Waals surface area contributed by atoms with Crippen molar-refractivity contribution in [3.63, 3.8) is 0 Å². The molecule has 0 aromatic heterocycles. The standard InChI is InChI=1S/C47H85N2O10PS/c1-6-8-10-12-14-16-18-20-21-23-25-27-29-31-37-56-42(40-59-60(54,55)58-38-36-49(3,4)5)39-57-47(53)43(48)41-61-45(44(50)33-32-35-46(51)52)34-30-28-26-24-22-19-17-15-13-11-9-7-2/h15,17,22,24,26,28,30-31,34,37,42-45,50H,6-14,16,18-21,23,25,27,29,32-33,35-36,38-41,48H2,1-5H3,(H-,51,52,54,55)/p+1/b17-15-,24-22-,28-26+,34-30+,37-31+/t42-,43+,44+,45-/m1/s1. The van der Waals surface area contributed by atoms with Gasteiger partial charge in [-0.3, -0.25) is 18.6 Å². The molecular formula is C47H86N2O10PS+. The van der Waals surface area contributed by atoms with Crippen LogP contribution in [0.1, 0.15) is 149 Å². The number of aliphatic carboxylic acids is 1. The minimum absolute atomic E-state index is 0.0121. The molecule has 0 saturated carbocycles. The number of likely N-dealkylation sites (N-methyl/N-ethyl adjacent to an activating group) is 1. The summed E-state index contributed by atoms with van der Waals surface area (Å²) in [5.74, 6) is -1.52. The first-order valence-electron chi connectivity index (χ1n) is 23.0. The fraction of sp³-hybridized carbons (Fsp3) is 0.745. The van der Waals surface area contributed by atoms with Crippen LogP contribution in [0.3, 0.4) is 0 Å². The molecule has 0 saturated heterocycles. The Bertz CT molecular complexity index is 1290. The van der Waals surface area contributed by atoms with Crippen molar-refractivity contribution in [2.24, 2.45) is 5.73 Å². The van der Waals surface area contributed by atoms with Gasteiger partial charge in [-0.25, -0.2) is 4.57 Å². The summed E-state index contributed by atoms with van der Waals surface area (Å²) in [6.45, 7) is 4.29. The number of aliphatic hydroxyl groups is 1. The molecule has 0 spiro atoms. The Balaban J connectivity index is 5.20. The number of phosphoric ester groups is 1. The average molecular weight is 902 g/mol. The number of quaternary nitrogens is 1. The van der Waals surface area contributed by atoms with Gasteiger partial charge in [0.1, 0.15) is 25.8 Å². The number of hydrogen-bond acceptors (Lipinski definition) is 10. The van der Waals surface area contributed by atoms with E-state index in [-0.39, 0.29) is 38.4 Å². The number of ether oxygens (including phenoxy) is 2. The van der Waals surface area contributed by atoms with Crippen LogP contribution in [0.2, 0.25) is 0 Å². The third-order valence-corrected chi connectivity index (χ3v) is 12.1. The van der Waals surface area contributed by atoms with Crippen LogP contribution >= 0.6 is 19.6 Å². The van der Waals surface area contributed by atoms with Gasteiger partial charge in [-0.2, -0.15) is 0 Å². The summed E-state index contributed by atoms with van der Waals surface area (Å²) in [6, 6.07) is -1.05. The van der Waals surface area contributed by atoms with Gasteiger partial charge in [0.25, 0.3) is 0 Å². The second kappa shape index (κ2) is 39.4. The van der Waals surface area contributed by atoms with Crippen LogP contribution in [0.15, 0.2) is 60.9 Å². The van der Waals surface area contributed by atoms with E-state index in [0.29, 0.717) is 17.4 Å². The first-order valence-corrected chi connectivity index (χ1v) is 25.6. The highest BCUT2D eigenvalue weighted by Crippen LogP contribution is 2.43. The molecule has 0 aliphatic carbocycles. The van der Waals surface area contributed by atoms with Gasteiger partial charge in [-0.1, -0.05) is 146 Å². The van der Waals surface area contributed by atoms with E-state index in [4.69, 9.17) is 29.4 Å². The van der Waals surface area contributed by atoms with Gasteiger partial charge in [-0.05, 0) is 51.0 Å². The molecule has 12 nitrogen and oxygen atoms in total. The van der Waals surface area contributed by atoms with Crippen LogP contribution in [-0.2, 0) is 32.7 Å². The number of carboxylic acids is 1. The van der Waals surface area contributed by atoms with E-state index in [1.807, 2.05) is 57.6 Å². The van der Waals surface area contributed by atoms with Gasteiger partial charge in [0.05, 0.1) is 40.1 Å². The third kappa shape index (κ3) is 40.3. The summed E-state index contributed by atoms with van der Waals surface area (Å²) in [7, 11) is 1.41. The van der Waals surface area contributed by atoms with Crippen LogP contribution in [-0.4, -0.2) is 108 Å². The number of aliphatic hydroxyl groups excluding tert-OH is 1. The van der Waals surface area contributed by atoms with Crippen LogP contribution < -0.4 is 5.73 Å². The number of phosphoric acid groups is 1. The Hall–Kier alpha value is -2.22. The molecule has 14 heteroatoms. The number of unbranched alkanes of at least 4 members (excludes halogenated alkanes) is 15. The molecule has 0 aliphatic heterocycles. The van der Waals surface area contributed by atoms with Crippen molar-refractivity contribution in [2.75, 3.05) is 53.3 Å². The van der Waals surface area contributed by atoms with Crippen molar-refractivity contribution in [1.29, 1.82) is 0 Å². The predicted molar refractivity (Wildman–Crippen MR) is 252 cm³/mol. The van der Waals surface area contributed by atoms with E-state index in [2.05, 4.69) is 32.1 Å². The molecule has 0 heterocycles. The summed E-state index contributed by atoms with van der Waals surface area (Å²) >= 11 is 1.27. The average Bonchev–Trinajstić information content (AvgIpc) is 3.20. The fourth-order valence-electron chi connectivity index (χ4n) is 5.86. The van der Waals surface area contributed by atoms with Crippen molar-refractivity contribution in [3.05, 3.63) is 60.9 Å². The summed E-state index contributed by atoms with van der Waals surface area (Å²) in [4.78, 5) is 34.4. The van der Waals surface area contributed by atoms with Gasteiger partial charge >= 0.3 is 19.8 Å². The fourth-order valence-corrected chi connectivity index (χ4v) is 7.73. The Labute approximate surface area is 374 Å². The number of hydrogen-bond donors (Lipinski definition) is 4. The summed E-state index contributed by atoms with van der Waals surface area (Å²) in [5.41, 5.74) is 6.23. The lowest BCUT2D eigenvalue weighted by molar-refractivity contribution is -0.870. The highest BCUT2D eigenvalue weighted by molar-refractivity contribution is 8.00. The molecule has 0 radical (unpaired) electrons. The molecular weight excluding hydrogens is 816 g/mol. The van der Waals surface area contributed by atoms with Gasteiger partial charge < -0.3 is 34.8 Å². The number of nitrogens with two attached hydrogens (primary N) is 1. The Morgan fingerprint density at radius 1 is 0.754 bits per heavy atom. The highest BCUT2D eigenvalue weighted by Gasteiger charge is 2.27. The number of nitrogens with zero attached hydrogens (tertiary/aromatic N) is 1. The Morgan fingerprint density at radius 3 is 1.98 bits per heavy atom. The maximum Gasteiger partial charge on any atom is 0.472 e. The Morgan fingerprint density at radius 2 is 1.34 bits per heavy atom. The minimum Gasteiger partial charge on any atom is -0.492 e. The molecule has 1 unspecified atom stereocenters. The SMILES string of the molecule is CCCCC/C=C\C\C=C/C=C/C=C/[C@@H](SC[C@H](N)C(=O)OC[C@H](COP(=O)(O)OCC[N+](C)(C)C)O/C=C/CCCCCCCCCCCCCC)[C@@H](O)CCCC(=O)O. The molecule has 61 heavy (non-hydrogen) atoms. The topological polar surface area (TPSA) is 175 Å². The zero-order chi connectivity index (χ0) is 45.5. The molecule has 0 fully saturated rings. The summed E-state index contributed by atoms with van der Waals surface area (Å²) in [5, 5.41) is 19.5. The lowest BCUT2D eigenvalue weighted by atomic mass is 10.0. The van der Waals surface area contributed by atoms with Gasteiger partial charge in [0, 0.05) is 17.4 Å². The number of rotatable bonds is 42.